The monoisotopic (exact) mass is 323 g/mol. The van der Waals surface area contributed by atoms with Gasteiger partial charge < -0.3 is 9.64 Å². The fourth-order valence-electron chi connectivity index (χ4n) is 3.06. The number of nitrogens with zero attached hydrogens (tertiary/aromatic N) is 1. The number of ether oxygens (including phenoxy) is 1. The van der Waals surface area contributed by atoms with E-state index in [0.717, 1.165) is 12.8 Å². The van der Waals surface area contributed by atoms with Gasteiger partial charge in [0.15, 0.2) is 0 Å². The lowest BCUT2D eigenvalue weighted by atomic mass is 9.81. The Morgan fingerprint density at radius 2 is 2.00 bits per heavy atom. The summed E-state index contributed by atoms with van der Waals surface area (Å²) in [6.07, 6.45) is 2.03. The van der Waals surface area contributed by atoms with Crippen LogP contribution in [0.3, 0.4) is 0 Å². The highest BCUT2D eigenvalue weighted by molar-refractivity contribution is 6.17. The second-order valence-electron chi connectivity index (χ2n) is 5.68. The quantitative estimate of drug-likeness (QED) is 0.618. The third-order valence-corrected chi connectivity index (χ3v) is 4.55. The molecule has 1 aromatic carbocycles. The average molecular weight is 324 g/mol. The van der Waals surface area contributed by atoms with Crippen LogP contribution < -0.4 is 0 Å². The van der Waals surface area contributed by atoms with Crippen LogP contribution in [0.2, 0.25) is 0 Å². The van der Waals surface area contributed by atoms with Crippen molar-refractivity contribution in [3.63, 3.8) is 0 Å². The number of carbonyl (C=O) groups is 2. The molecule has 120 valence electrons. The summed E-state index contributed by atoms with van der Waals surface area (Å²) >= 11 is 5.90. The number of rotatable bonds is 5. The van der Waals surface area contributed by atoms with Crippen LogP contribution in [0.5, 0.6) is 0 Å². The molecular formula is C17H22ClNO3. The molecule has 1 heterocycles. The molecule has 0 radical (unpaired) electrons. The lowest BCUT2D eigenvalue weighted by Crippen LogP contribution is -2.44. The number of benzene rings is 1. The zero-order valence-corrected chi connectivity index (χ0v) is 13.6. The molecule has 2 atom stereocenters. The van der Waals surface area contributed by atoms with E-state index in [0.29, 0.717) is 31.0 Å². The van der Waals surface area contributed by atoms with Crippen molar-refractivity contribution < 1.29 is 14.3 Å². The molecule has 22 heavy (non-hydrogen) atoms. The molecule has 0 saturated carbocycles. The van der Waals surface area contributed by atoms with E-state index in [-0.39, 0.29) is 23.7 Å². The minimum absolute atomic E-state index is 0.0525. The Hall–Kier alpha value is -1.55. The van der Waals surface area contributed by atoms with Crippen LogP contribution in [0.25, 0.3) is 0 Å². The van der Waals surface area contributed by atoms with Gasteiger partial charge in [-0.3, -0.25) is 9.59 Å². The number of halogens is 1. The van der Waals surface area contributed by atoms with Gasteiger partial charge in [-0.2, -0.15) is 0 Å². The topological polar surface area (TPSA) is 46.6 Å². The first-order valence-electron chi connectivity index (χ1n) is 7.62. The van der Waals surface area contributed by atoms with Gasteiger partial charge >= 0.3 is 5.97 Å². The minimum atomic E-state index is -0.188. The number of hydrogen-bond acceptors (Lipinski definition) is 3. The van der Waals surface area contributed by atoms with E-state index in [2.05, 4.69) is 0 Å². The van der Waals surface area contributed by atoms with Crippen LogP contribution >= 0.6 is 11.6 Å². The second kappa shape index (κ2) is 8.18. The zero-order valence-electron chi connectivity index (χ0n) is 12.8. The number of carbonyl (C=O) groups excluding carboxylic acids is 2. The Morgan fingerprint density at radius 1 is 1.27 bits per heavy atom. The highest BCUT2D eigenvalue weighted by atomic mass is 35.5. The lowest BCUT2D eigenvalue weighted by molar-refractivity contribution is -0.142. The van der Waals surface area contributed by atoms with Gasteiger partial charge in [-0.1, -0.05) is 18.2 Å². The molecule has 0 spiro atoms. The molecule has 1 aliphatic heterocycles. The van der Waals surface area contributed by atoms with Gasteiger partial charge in [-0.05, 0) is 36.8 Å². The van der Waals surface area contributed by atoms with Crippen molar-refractivity contribution in [1.29, 1.82) is 0 Å². The summed E-state index contributed by atoms with van der Waals surface area (Å²) in [6.45, 7) is 1.33. The highest BCUT2D eigenvalue weighted by Crippen LogP contribution is 2.30. The maximum atomic E-state index is 12.5. The molecule has 0 N–H and O–H groups in total. The third kappa shape index (κ3) is 4.23. The summed E-state index contributed by atoms with van der Waals surface area (Å²) in [6, 6.07) is 9.30. The van der Waals surface area contributed by atoms with Crippen molar-refractivity contribution in [2.75, 3.05) is 26.1 Å². The van der Waals surface area contributed by atoms with Crippen LogP contribution in [-0.4, -0.2) is 42.9 Å². The molecule has 2 rings (SSSR count). The first kappa shape index (κ1) is 16.8. The summed E-state index contributed by atoms with van der Waals surface area (Å²) in [7, 11) is 1.41. The molecule has 1 saturated heterocycles. The van der Waals surface area contributed by atoms with E-state index in [1.54, 1.807) is 0 Å². The molecule has 1 aromatic rings. The Balaban J connectivity index is 2.03. The van der Waals surface area contributed by atoms with Crippen LogP contribution in [0, 0.1) is 11.8 Å². The maximum Gasteiger partial charge on any atom is 0.305 e. The van der Waals surface area contributed by atoms with Crippen molar-refractivity contribution in [3.8, 4) is 0 Å². The summed E-state index contributed by atoms with van der Waals surface area (Å²) in [5.74, 6) is 0.892. The van der Waals surface area contributed by atoms with Crippen LogP contribution in [0.1, 0.15) is 29.6 Å². The molecule has 5 heteroatoms. The number of amides is 1. The number of methoxy groups -OCH3 is 1. The molecule has 1 amide bonds. The average Bonchev–Trinajstić information content (AvgIpc) is 2.56. The maximum absolute atomic E-state index is 12.5. The summed E-state index contributed by atoms with van der Waals surface area (Å²) < 4.78 is 4.77. The fraction of sp³-hybridized carbons (Fsp3) is 0.529. The fourth-order valence-corrected chi connectivity index (χ4v) is 3.34. The molecule has 2 unspecified atom stereocenters. The first-order valence-corrected chi connectivity index (χ1v) is 8.16. The molecule has 4 nitrogen and oxygen atoms in total. The summed E-state index contributed by atoms with van der Waals surface area (Å²) in [5, 5.41) is 0. The number of esters is 1. The Bertz CT molecular complexity index is 506. The van der Waals surface area contributed by atoms with E-state index in [9.17, 15) is 9.59 Å². The standard InChI is InChI=1S/C17H22ClNO3/c1-22-16(20)11-14-8-10-19(12-15(14)7-9-18)17(21)13-5-3-2-4-6-13/h2-6,14-15H,7-12H2,1H3. The van der Waals surface area contributed by atoms with Crippen molar-refractivity contribution in [1.82, 2.24) is 4.90 Å². The number of likely N-dealkylation sites (tertiary alicyclic amines) is 1. The predicted octanol–water partition coefficient (Wildman–Crippen LogP) is 2.96. The summed E-state index contributed by atoms with van der Waals surface area (Å²) in [5.41, 5.74) is 0.707. The Labute approximate surface area is 136 Å². The van der Waals surface area contributed by atoms with Gasteiger partial charge in [0.05, 0.1) is 7.11 Å². The van der Waals surface area contributed by atoms with Crippen LogP contribution in [-0.2, 0) is 9.53 Å². The normalized spacial score (nSPS) is 21.5. The molecule has 0 aromatic heterocycles. The van der Waals surface area contributed by atoms with Gasteiger partial charge in [0, 0.05) is 31.0 Å². The molecule has 1 aliphatic rings. The van der Waals surface area contributed by atoms with Crippen molar-refractivity contribution >= 4 is 23.5 Å². The zero-order chi connectivity index (χ0) is 15.9. The predicted molar refractivity (Wildman–Crippen MR) is 85.9 cm³/mol. The van der Waals surface area contributed by atoms with Gasteiger partial charge in [0.2, 0.25) is 0 Å². The van der Waals surface area contributed by atoms with E-state index in [1.807, 2.05) is 35.2 Å². The third-order valence-electron chi connectivity index (χ3n) is 4.34. The lowest BCUT2D eigenvalue weighted by Gasteiger charge is -2.38. The van der Waals surface area contributed by atoms with Gasteiger partial charge in [0.25, 0.3) is 5.91 Å². The highest BCUT2D eigenvalue weighted by Gasteiger charge is 2.32. The van der Waals surface area contributed by atoms with Crippen molar-refractivity contribution in [2.45, 2.75) is 19.3 Å². The van der Waals surface area contributed by atoms with Crippen molar-refractivity contribution in [2.24, 2.45) is 11.8 Å². The molecular weight excluding hydrogens is 302 g/mol. The Kier molecular flexibility index (Phi) is 6.25. The van der Waals surface area contributed by atoms with Crippen LogP contribution in [0.4, 0.5) is 0 Å². The smallest absolute Gasteiger partial charge is 0.305 e. The first-order chi connectivity index (χ1) is 10.7. The van der Waals surface area contributed by atoms with E-state index < -0.39 is 0 Å². The minimum Gasteiger partial charge on any atom is -0.469 e. The van der Waals surface area contributed by atoms with E-state index in [1.165, 1.54) is 7.11 Å². The van der Waals surface area contributed by atoms with Gasteiger partial charge in [0.1, 0.15) is 0 Å². The second-order valence-corrected chi connectivity index (χ2v) is 6.06. The largest absolute Gasteiger partial charge is 0.469 e. The molecule has 0 aliphatic carbocycles. The molecule has 1 fully saturated rings. The van der Waals surface area contributed by atoms with Gasteiger partial charge in [-0.25, -0.2) is 0 Å². The SMILES string of the molecule is COC(=O)CC1CCN(C(=O)c2ccccc2)CC1CCCl. The van der Waals surface area contributed by atoms with E-state index in [4.69, 9.17) is 16.3 Å². The Morgan fingerprint density at radius 3 is 2.64 bits per heavy atom. The number of piperidine rings is 1. The summed E-state index contributed by atoms with van der Waals surface area (Å²) in [4.78, 5) is 25.9. The number of alkyl halides is 1. The van der Waals surface area contributed by atoms with Crippen LogP contribution in [0.15, 0.2) is 30.3 Å². The number of hydrogen-bond donors (Lipinski definition) is 0. The van der Waals surface area contributed by atoms with E-state index >= 15 is 0 Å². The van der Waals surface area contributed by atoms with Gasteiger partial charge in [-0.15, -0.1) is 11.6 Å². The molecule has 0 bridgehead atoms. The van der Waals surface area contributed by atoms with Crippen molar-refractivity contribution in [3.05, 3.63) is 35.9 Å².